The fourth-order valence-corrected chi connectivity index (χ4v) is 2.32. The normalized spacial score (nSPS) is 30.6. The van der Waals surface area contributed by atoms with Crippen LogP contribution in [-0.4, -0.2) is 67.5 Å². The van der Waals surface area contributed by atoms with E-state index in [1.54, 1.807) is 10.7 Å². The maximum absolute atomic E-state index is 10.1. The molecule has 4 N–H and O–H groups in total. The van der Waals surface area contributed by atoms with Gasteiger partial charge in [-0.1, -0.05) is 0 Å². The molecule has 1 aliphatic heterocycles. The highest BCUT2D eigenvalue weighted by molar-refractivity contribution is 5.67. The molecule has 2 aromatic rings. The zero-order chi connectivity index (χ0) is 14.1. The van der Waals surface area contributed by atoms with Gasteiger partial charge in [0.25, 0.3) is 0 Å². The standard InChI is InChI=1S/C12H16N4O4/c17-4-9-11(19)10(18)7(5-20-9)15-12-8-2-1-3-16(8)14-6-13-12/h1-3,6-7,9-11,17-19H,4-5H2,(H,13,14,15)/t7-,9+,10+,11-/m0/s1. The van der Waals surface area contributed by atoms with Crippen LogP contribution in [0.1, 0.15) is 0 Å². The van der Waals surface area contributed by atoms with Crippen molar-refractivity contribution in [3.8, 4) is 0 Å². The van der Waals surface area contributed by atoms with Crippen LogP contribution < -0.4 is 5.32 Å². The summed E-state index contributed by atoms with van der Waals surface area (Å²) in [5, 5.41) is 36.0. The molecule has 108 valence electrons. The molecule has 20 heavy (non-hydrogen) atoms. The van der Waals surface area contributed by atoms with Crippen molar-refractivity contribution in [1.29, 1.82) is 0 Å². The lowest BCUT2D eigenvalue weighted by atomic mass is 9.98. The van der Waals surface area contributed by atoms with E-state index in [2.05, 4.69) is 15.4 Å². The van der Waals surface area contributed by atoms with Gasteiger partial charge in [0.1, 0.15) is 30.2 Å². The number of aromatic nitrogens is 3. The highest BCUT2D eigenvalue weighted by Gasteiger charge is 2.38. The Morgan fingerprint density at radius 2 is 2.25 bits per heavy atom. The maximum Gasteiger partial charge on any atom is 0.154 e. The van der Waals surface area contributed by atoms with Crippen LogP contribution in [0, 0.1) is 0 Å². The molecule has 1 fully saturated rings. The average molecular weight is 280 g/mol. The van der Waals surface area contributed by atoms with E-state index in [0.717, 1.165) is 5.52 Å². The van der Waals surface area contributed by atoms with E-state index in [1.165, 1.54) is 6.33 Å². The van der Waals surface area contributed by atoms with Crippen LogP contribution in [0.3, 0.4) is 0 Å². The fraction of sp³-hybridized carbons (Fsp3) is 0.500. The largest absolute Gasteiger partial charge is 0.394 e. The first-order valence-corrected chi connectivity index (χ1v) is 6.34. The minimum atomic E-state index is -1.14. The van der Waals surface area contributed by atoms with Gasteiger partial charge in [0, 0.05) is 6.20 Å². The summed E-state index contributed by atoms with van der Waals surface area (Å²) in [5.41, 5.74) is 0.762. The summed E-state index contributed by atoms with van der Waals surface area (Å²) >= 11 is 0. The minimum absolute atomic E-state index is 0.167. The number of anilines is 1. The molecule has 0 amide bonds. The Kier molecular flexibility index (Phi) is 3.53. The first kappa shape index (κ1) is 13.3. The third-order valence-corrected chi connectivity index (χ3v) is 3.47. The second-order valence-corrected chi connectivity index (χ2v) is 4.73. The number of ether oxygens (including phenoxy) is 1. The van der Waals surface area contributed by atoms with Gasteiger partial charge in [0.05, 0.1) is 19.3 Å². The third kappa shape index (κ3) is 2.22. The van der Waals surface area contributed by atoms with Crippen LogP contribution in [0.5, 0.6) is 0 Å². The van der Waals surface area contributed by atoms with Gasteiger partial charge >= 0.3 is 0 Å². The Morgan fingerprint density at radius 3 is 3.05 bits per heavy atom. The number of nitrogens with one attached hydrogen (secondary N) is 1. The molecule has 1 saturated heterocycles. The smallest absolute Gasteiger partial charge is 0.154 e. The van der Waals surface area contributed by atoms with Gasteiger partial charge in [0.15, 0.2) is 5.82 Å². The topological polar surface area (TPSA) is 112 Å². The van der Waals surface area contributed by atoms with Crippen LogP contribution in [0.15, 0.2) is 24.7 Å². The molecular weight excluding hydrogens is 264 g/mol. The van der Waals surface area contributed by atoms with Crippen molar-refractivity contribution < 1.29 is 20.1 Å². The summed E-state index contributed by atoms with van der Waals surface area (Å²) in [5.74, 6) is 0.548. The molecule has 0 bridgehead atoms. The highest BCUT2D eigenvalue weighted by atomic mass is 16.5. The lowest BCUT2D eigenvalue weighted by Gasteiger charge is -2.37. The van der Waals surface area contributed by atoms with Crippen LogP contribution in [0.2, 0.25) is 0 Å². The number of fused-ring (bicyclic) bond motifs is 1. The summed E-state index contributed by atoms with van der Waals surface area (Å²) in [7, 11) is 0. The Bertz CT molecular complexity index is 590. The number of aliphatic hydroxyl groups is 3. The molecule has 4 atom stereocenters. The molecule has 2 aromatic heterocycles. The summed E-state index contributed by atoms with van der Waals surface area (Å²) in [6, 6.07) is 3.16. The molecule has 0 unspecified atom stereocenters. The predicted octanol–water partition coefficient (Wildman–Crippen LogP) is -1.38. The van der Waals surface area contributed by atoms with Crippen molar-refractivity contribution in [3.63, 3.8) is 0 Å². The number of hydrogen-bond donors (Lipinski definition) is 4. The van der Waals surface area contributed by atoms with Gasteiger partial charge in [-0.05, 0) is 12.1 Å². The van der Waals surface area contributed by atoms with Gasteiger partial charge in [0.2, 0.25) is 0 Å². The summed E-state index contributed by atoms with van der Waals surface area (Å²) in [6.07, 6.45) is 0.230. The monoisotopic (exact) mass is 280 g/mol. The lowest BCUT2D eigenvalue weighted by Crippen LogP contribution is -2.56. The summed E-state index contributed by atoms with van der Waals surface area (Å²) < 4.78 is 6.97. The maximum atomic E-state index is 10.1. The van der Waals surface area contributed by atoms with Crippen LogP contribution in [0.4, 0.5) is 5.82 Å². The second kappa shape index (κ2) is 5.33. The summed E-state index contributed by atoms with van der Waals surface area (Å²) in [4.78, 5) is 4.13. The van der Waals surface area contributed by atoms with Gasteiger partial charge in [-0.15, -0.1) is 0 Å². The van der Waals surface area contributed by atoms with E-state index >= 15 is 0 Å². The van der Waals surface area contributed by atoms with Crippen LogP contribution >= 0.6 is 0 Å². The van der Waals surface area contributed by atoms with Crippen LogP contribution in [0.25, 0.3) is 5.52 Å². The zero-order valence-corrected chi connectivity index (χ0v) is 10.6. The molecule has 0 aromatic carbocycles. The first-order chi connectivity index (χ1) is 9.70. The van der Waals surface area contributed by atoms with Crippen molar-refractivity contribution in [2.45, 2.75) is 24.4 Å². The van der Waals surface area contributed by atoms with Crippen molar-refractivity contribution >= 4 is 11.3 Å². The Balaban J connectivity index is 1.79. The third-order valence-electron chi connectivity index (χ3n) is 3.47. The molecule has 3 rings (SSSR count). The lowest BCUT2D eigenvalue weighted by molar-refractivity contribution is -0.152. The second-order valence-electron chi connectivity index (χ2n) is 4.73. The Hall–Kier alpha value is -1.74. The van der Waals surface area contributed by atoms with Gasteiger partial charge in [-0.3, -0.25) is 0 Å². The van der Waals surface area contributed by atoms with E-state index in [-0.39, 0.29) is 13.2 Å². The molecule has 0 radical (unpaired) electrons. The van der Waals surface area contributed by atoms with E-state index in [1.807, 2.05) is 12.1 Å². The van der Waals surface area contributed by atoms with Gasteiger partial charge < -0.3 is 25.4 Å². The Labute approximate surface area is 114 Å². The highest BCUT2D eigenvalue weighted by Crippen LogP contribution is 2.20. The molecule has 0 aliphatic carbocycles. The summed E-state index contributed by atoms with van der Waals surface area (Å²) in [6.45, 7) is -0.165. The predicted molar refractivity (Wildman–Crippen MR) is 69.2 cm³/mol. The number of aliphatic hydroxyl groups excluding tert-OH is 3. The van der Waals surface area contributed by atoms with Crippen molar-refractivity contribution in [1.82, 2.24) is 14.6 Å². The molecule has 8 nitrogen and oxygen atoms in total. The van der Waals surface area contributed by atoms with Crippen LogP contribution in [-0.2, 0) is 4.74 Å². The molecule has 0 saturated carbocycles. The van der Waals surface area contributed by atoms with E-state index in [4.69, 9.17) is 9.84 Å². The van der Waals surface area contributed by atoms with Gasteiger partial charge in [-0.25, -0.2) is 9.50 Å². The first-order valence-electron chi connectivity index (χ1n) is 6.34. The quantitative estimate of drug-likeness (QED) is 0.548. The molecule has 1 aliphatic rings. The Morgan fingerprint density at radius 1 is 1.40 bits per heavy atom. The number of hydrogen-bond acceptors (Lipinski definition) is 7. The van der Waals surface area contributed by atoms with E-state index in [0.29, 0.717) is 5.82 Å². The van der Waals surface area contributed by atoms with E-state index in [9.17, 15) is 10.2 Å². The number of rotatable bonds is 3. The molecule has 3 heterocycles. The molecular formula is C12H16N4O4. The van der Waals surface area contributed by atoms with Gasteiger partial charge in [-0.2, -0.15) is 5.10 Å². The van der Waals surface area contributed by atoms with Crippen molar-refractivity contribution in [3.05, 3.63) is 24.7 Å². The number of nitrogens with zero attached hydrogens (tertiary/aromatic N) is 3. The fourth-order valence-electron chi connectivity index (χ4n) is 2.32. The zero-order valence-electron chi connectivity index (χ0n) is 10.6. The van der Waals surface area contributed by atoms with E-state index < -0.39 is 24.4 Å². The van der Waals surface area contributed by atoms with Crippen molar-refractivity contribution in [2.75, 3.05) is 18.5 Å². The molecule has 0 spiro atoms. The van der Waals surface area contributed by atoms with Crippen molar-refractivity contribution in [2.24, 2.45) is 0 Å². The SMILES string of the molecule is OC[C@H]1OC[C@H](Nc2ncnn3cccc23)[C@@H](O)[C@H]1O. The minimum Gasteiger partial charge on any atom is -0.394 e. The molecule has 8 heteroatoms. The average Bonchev–Trinajstić information content (AvgIpc) is 2.93.